The van der Waals surface area contributed by atoms with Gasteiger partial charge in [-0.05, 0) is 22.9 Å². The molecule has 0 saturated carbocycles. The Bertz CT molecular complexity index is 421. The van der Waals surface area contributed by atoms with Crippen LogP contribution >= 0.6 is 0 Å². The summed E-state index contributed by atoms with van der Waals surface area (Å²) in [4.78, 5) is 1.40. The van der Waals surface area contributed by atoms with Gasteiger partial charge in [-0.1, -0.05) is 12.1 Å². The van der Waals surface area contributed by atoms with E-state index in [1.54, 1.807) is 19.2 Å². The molecule has 1 aromatic heterocycles. The Kier molecular flexibility index (Phi) is 2.22. The molecule has 0 aliphatic rings. The molecule has 0 atom stereocenters. The Morgan fingerprint density at radius 2 is 2.00 bits per heavy atom. The van der Waals surface area contributed by atoms with Crippen molar-refractivity contribution in [1.82, 2.24) is 20.2 Å². The number of hydrogen-bond donors (Lipinski definition) is 0. The number of nitrogens with zero attached hydrogens (tertiary/aromatic N) is 4. The van der Waals surface area contributed by atoms with Gasteiger partial charge in [-0.15, -0.1) is 10.2 Å². The third-order valence-electron chi connectivity index (χ3n) is 1.83. The summed E-state index contributed by atoms with van der Waals surface area (Å²) in [7, 11) is 1.71. The molecule has 0 spiro atoms. The van der Waals surface area contributed by atoms with Gasteiger partial charge < -0.3 is 0 Å². The molecule has 72 valence electrons. The topological polar surface area (TPSA) is 43.6 Å². The predicted octanol–water partition coefficient (Wildman–Crippen LogP) is 0.940. The van der Waals surface area contributed by atoms with E-state index in [1.165, 1.54) is 16.9 Å². The van der Waals surface area contributed by atoms with Crippen LogP contribution in [0.3, 0.4) is 0 Å². The van der Waals surface area contributed by atoms with Crippen LogP contribution in [-0.4, -0.2) is 20.2 Å². The quantitative estimate of drug-likeness (QED) is 0.711. The van der Waals surface area contributed by atoms with Crippen LogP contribution in [0.1, 0.15) is 11.4 Å². The molecular weight excluding hydrogens is 183 g/mol. The lowest BCUT2D eigenvalue weighted by Gasteiger charge is -1.95. The normalized spacial score (nSPS) is 10.4. The van der Waals surface area contributed by atoms with E-state index in [2.05, 4.69) is 15.4 Å². The van der Waals surface area contributed by atoms with Gasteiger partial charge in [0, 0.05) is 6.42 Å². The van der Waals surface area contributed by atoms with Crippen molar-refractivity contribution in [2.24, 2.45) is 7.05 Å². The Hall–Kier alpha value is -1.78. The van der Waals surface area contributed by atoms with Crippen molar-refractivity contribution in [3.8, 4) is 0 Å². The minimum atomic E-state index is -0.235. The van der Waals surface area contributed by atoms with Crippen LogP contribution in [-0.2, 0) is 13.5 Å². The SMILES string of the molecule is Cn1nnc(Cc2ccc(F)cc2)n1. The minimum Gasteiger partial charge on any atom is -0.207 e. The Labute approximate surface area is 80.4 Å². The molecular formula is C9H9FN4. The van der Waals surface area contributed by atoms with E-state index in [0.717, 1.165) is 5.56 Å². The van der Waals surface area contributed by atoms with E-state index in [4.69, 9.17) is 0 Å². The van der Waals surface area contributed by atoms with Gasteiger partial charge in [-0.2, -0.15) is 4.80 Å². The second-order valence-corrected chi connectivity index (χ2v) is 3.00. The van der Waals surface area contributed by atoms with Gasteiger partial charge in [0.25, 0.3) is 0 Å². The first kappa shape index (κ1) is 8.80. The molecule has 14 heavy (non-hydrogen) atoms. The van der Waals surface area contributed by atoms with Crippen LogP contribution in [0.25, 0.3) is 0 Å². The van der Waals surface area contributed by atoms with E-state index in [1.807, 2.05) is 0 Å². The molecule has 2 rings (SSSR count). The van der Waals surface area contributed by atoms with Crippen molar-refractivity contribution in [1.29, 1.82) is 0 Å². The molecule has 0 aliphatic heterocycles. The summed E-state index contributed by atoms with van der Waals surface area (Å²) in [6.45, 7) is 0. The third-order valence-corrected chi connectivity index (χ3v) is 1.83. The summed E-state index contributed by atoms with van der Waals surface area (Å²) in [5.41, 5.74) is 0.972. The molecule has 0 fully saturated rings. The molecule has 0 saturated heterocycles. The summed E-state index contributed by atoms with van der Waals surface area (Å²) in [6, 6.07) is 6.27. The fourth-order valence-electron chi connectivity index (χ4n) is 1.18. The zero-order valence-corrected chi connectivity index (χ0v) is 7.68. The van der Waals surface area contributed by atoms with Crippen molar-refractivity contribution >= 4 is 0 Å². The molecule has 0 N–H and O–H groups in total. The van der Waals surface area contributed by atoms with Gasteiger partial charge in [0.05, 0.1) is 7.05 Å². The van der Waals surface area contributed by atoms with Crippen molar-refractivity contribution in [2.75, 3.05) is 0 Å². The minimum absolute atomic E-state index is 0.235. The summed E-state index contributed by atoms with van der Waals surface area (Å²) in [5.74, 6) is 0.403. The standard InChI is InChI=1S/C9H9FN4/c1-14-12-9(11-13-14)6-7-2-4-8(10)5-3-7/h2-5H,6H2,1H3. The van der Waals surface area contributed by atoms with E-state index >= 15 is 0 Å². The second kappa shape index (κ2) is 3.53. The van der Waals surface area contributed by atoms with Gasteiger partial charge in [-0.3, -0.25) is 0 Å². The second-order valence-electron chi connectivity index (χ2n) is 3.00. The molecule has 2 aromatic rings. The number of aryl methyl sites for hydroxylation is 1. The molecule has 1 heterocycles. The van der Waals surface area contributed by atoms with Crippen molar-refractivity contribution < 1.29 is 4.39 Å². The highest BCUT2D eigenvalue weighted by Gasteiger charge is 2.01. The molecule has 0 aliphatic carbocycles. The van der Waals surface area contributed by atoms with E-state index in [0.29, 0.717) is 12.2 Å². The lowest BCUT2D eigenvalue weighted by atomic mass is 10.1. The number of aromatic nitrogens is 4. The van der Waals surface area contributed by atoms with Gasteiger partial charge in [0.1, 0.15) is 5.82 Å². The van der Waals surface area contributed by atoms with Crippen molar-refractivity contribution in [3.63, 3.8) is 0 Å². The van der Waals surface area contributed by atoms with E-state index in [9.17, 15) is 4.39 Å². The van der Waals surface area contributed by atoms with E-state index < -0.39 is 0 Å². The average Bonchev–Trinajstić information content (AvgIpc) is 2.56. The number of hydrogen-bond acceptors (Lipinski definition) is 3. The van der Waals surface area contributed by atoms with Crippen LogP contribution in [0.15, 0.2) is 24.3 Å². The zero-order chi connectivity index (χ0) is 9.97. The number of halogens is 1. The van der Waals surface area contributed by atoms with E-state index in [-0.39, 0.29) is 5.82 Å². The Morgan fingerprint density at radius 1 is 1.29 bits per heavy atom. The fourth-order valence-corrected chi connectivity index (χ4v) is 1.18. The maximum Gasteiger partial charge on any atom is 0.179 e. The highest BCUT2D eigenvalue weighted by molar-refractivity contribution is 5.19. The van der Waals surface area contributed by atoms with Gasteiger partial charge in [0.15, 0.2) is 5.82 Å². The highest BCUT2D eigenvalue weighted by Crippen LogP contribution is 2.05. The summed E-state index contributed by atoms with van der Waals surface area (Å²) in [6.07, 6.45) is 0.578. The first-order chi connectivity index (χ1) is 6.74. The van der Waals surface area contributed by atoms with Gasteiger partial charge >= 0.3 is 0 Å². The first-order valence-corrected chi connectivity index (χ1v) is 4.21. The summed E-state index contributed by atoms with van der Waals surface area (Å²) < 4.78 is 12.6. The number of rotatable bonds is 2. The zero-order valence-electron chi connectivity index (χ0n) is 7.68. The molecule has 4 nitrogen and oxygen atoms in total. The van der Waals surface area contributed by atoms with Gasteiger partial charge in [0.2, 0.25) is 0 Å². The van der Waals surface area contributed by atoms with Gasteiger partial charge in [-0.25, -0.2) is 4.39 Å². The first-order valence-electron chi connectivity index (χ1n) is 4.21. The molecule has 0 unspecified atom stereocenters. The van der Waals surface area contributed by atoms with Crippen LogP contribution in [0.5, 0.6) is 0 Å². The average molecular weight is 192 g/mol. The molecule has 0 bridgehead atoms. The largest absolute Gasteiger partial charge is 0.207 e. The van der Waals surface area contributed by atoms with Crippen LogP contribution in [0.2, 0.25) is 0 Å². The maximum atomic E-state index is 12.6. The molecule has 5 heteroatoms. The van der Waals surface area contributed by atoms with Crippen molar-refractivity contribution in [3.05, 3.63) is 41.5 Å². The fraction of sp³-hybridized carbons (Fsp3) is 0.222. The maximum absolute atomic E-state index is 12.6. The predicted molar refractivity (Wildman–Crippen MR) is 48.0 cm³/mol. The smallest absolute Gasteiger partial charge is 0.179 e. The third kappa shape index (κ3) is 1.93. The van der Waals surface area contributed by atoms with Crippen molar-refractivity contribution in [2.45, 2.75) is 6.42 Å². The summed E-state index contributed by atoms with van der Waals surface area (Å²) >= 11 is 0. The highest BCUT2D eigenvalue weighted by atomic mass is 19.1. The Balaban J connectivity index is 2.15. The monoisotopic (exact) mass is 192 g/mol. The molecule has 0 amide bonds. The Morgan fingerprint density at radius 3 is 2.57 bits per heavy atom. The summed E-state index contributed by atoms with van der Waals surface area (Å²) in [5, 5.41) is 11.6. The number of benzene rings is 1. The van der Waals surface area contributed by atoms with Crippen LogP contribution in [0.4, 0.5) is 4.39 Å². The lowest BCUT2D eigenvalue weighted by Crippen LogP contribution is -1.94. The lowest BCUT2D eigenvalue weighted by molar-refractivity contribution is 0.626. The van der Waals surface area contributed by atoms with Crippen LogP contribution in [0, 0.1) is 5.82 Å². The number of tetrazole rings is 1. The molecule has 0 radical (unpaired) electrons. The molecule has 1 aromatic carbocycles. The van der Waals surface area contributed by atoms with Crippen LogP contribution < -0.4 is 0 Å².